The van der Waals surface area contributed by atoms with E-state index in [1.54, 1.807) is 0 Å². The van der Waals surface area contributed by atoms with Crippen LogP contribution in [0.2, 0.25) is 12.1 Å². The normalized spacial score (nSPS) is 11.2. The van der Waals surface area contributed by atoms with Gasteiger partial charge in [-0.05, 0) is 0 Å². The van der Waals surface area contributed by atoms with E-state index in [2.05, 4.69) is 38.4 Å². The summed E-state index contributed by atoms with van der Waals surface area (Å²) in [7, 11) is -1.24. The summed E-state index contributed by atoms with van der Waals surface area (Å²) in [6, 6.07) is 2.63. The molecule has 0 aromatic heterocycles. The first kappa shape index (κ1) is 12.7. The molecule has 0 aromatic carbocycles. The average molecular weight is 196 g/mol. The van der Waals surface area contributed by atoms with Gasteiger partial charge >= 0.3 is 0 Å². The second-order valence-corrected chi connectivity index (χ2v) is 8.30. The monoisotopic (exact) mass is 196 g/mol. The van der Waals surface area contributed by atoms with Gasteiger partial charge in [-0.15, -0.1) is 13.2 Å². The van der Waals surface area contributed by atoms with E-state index in [1.165, 1.54) is 37.8 Å². The summed E-state index contributed by atoms with van der Waals surface area (Å²) < 4.78 is 0. The molecule has 0 saturated carbocycles. The molecule has 13 heavy (non-hydrogen) atoms. The molecule has 0 bridgehead atoms. The molecule has 0 atom stereocenters. The zero-order valence-corrected chi connectivity index (χ0v) is 10.3. The van der Waals surface area contributed by atoms with E-state index >= 15 is 0 Å². The highest BCUT2D eigenvalue weighted by molar-refractivity contribution is 6.88. The van der Waals surface area contributed by atoms with Gasteiger partial charge in [0, 0.05) is 0 Å². The van der Waals surface area contributed by atoms with Crippen LogP contribution in [0.15, 0.2) is 24.6 Å². The summed E-state index contributed by atoms with van der Waals surface area (Å²) >= 11 is 0. The van der Waals surface area contributed by atoms with Crippen molar-refractivity contribution in [3.63, 3.8) is 0 Å². The Kier molecular flexibility index (Phi) is 6.97. The third-order valence-corrected chi connectivity index (χ3v) is 7.19. The number of rotatable bonds is 8. The highest BCUT2D eigenvalue weighted by Gasteiger charge is 2.21. The lowest BCUT2D eigenvalue weighted by Crippen LogP contribution is -2.27. The third-order valence-electron chi connectivity index (χ3n) is 2.97. The maximum absolute atomic E-state index is 3.96. The lowest BCUT2D eigenvalue weighted by molar-refractivity contribution is 0.697. The van der Waals surface area contributed by atoms with Crippen molar-refractivity contribution in [1.29, 1.82) is 0 Å². The van der Waals surface area contributed by atoms with Crippen LogP contribution in [0.3, 0.4) is 0 Å². The quantitative estimate of drug-likeness (QED) is 0.396. The van der Waals surface area contributed by atoms with Crippen LogP contribution in [-0.4, -0.2) is 8.07 Å². The lowest BCUT2D eigenvalue weighted by atomic mass is 10.2. The fraction of sp³-hybridized carbons (Fsp3) is 0.667. The second-order valence-electron chi connectivity index (χ2n) is 3.81. The second kappa shape index (κ2) is 7.13. The molecule has 0 aliphatic heterocycles. The van der Waals surface area contributed by atoms with E-state index in [-0.39, 0.29) is 0 Å². The standard InChI is InChI=1S/C12H24Si/c1-5-9-10-11-12-13(6-2,7-3)8-4/h6-7H,2-3,5,8-12H2,1,4H3. The first-order chi connectivity index (χ1) is 6.24. The molecular formula is C12H24Si. The summed E-state index contributed by atoms with van der Waals surface area (Å²) in [5.41, 5.74) is 4.40. The molecule has 0 saturated heterocycles. The smallest absolute Gasteiger partial charge is 0.100 e. The summed E-state index contributed by atoms with van der Waals surface area (Å²) in [6.45, 7) is 12.5. The van der Waals surface area contributed by atoms with Crippen molar-refractivity contribution in [3.05, 3.63) is 24.6 Å². The molecule has 1 heteroatoms. The predicted molar refractivity (Wildman–Crippen MR) is 65.6 cm³/mol. The zero-order chi connectivity index (χ0) is 10.2. The van der Waals surface area contributed by atoms with Crippen molar-refractivity contribution in [2.75, 3.05) is 0 Å². The molecule has 0 N–H and O–H groups in total. The Morgan fingerprint density at radius 1 is 1.00 bits per heavy atom. The molecule has 0 radical (unpaired) electrons. The largest absolute Gasteiger partial charge is 0.107 e. The maximum atomic E-state index is 3.96. The molecule has 0 fully saturated rings. The average Bonchev–Trinajstić information content (AvgIpc) is 2.20. The lowest BCUT2D eigenvalue weighted by Gasteiger charge is -2.22. The van der Waals surface area contributed by atoms with Gasteiger partial charge in [-0.3, -0.25) is 0 Å². The zero-order valence-electron chi connectivity index (χ0n) is 9.31. The van der Waals surface area contributed by atoms with Gasteiger partial charge in [-0.2, -0.15) is 0 Å². The van der Waals surface area contributed by atoms with Crippen LogP contribution >= 0.6 is 0 Å². The number of unbranched alkanes of at least 4 members (excludes halogenated alkanes) is 3. The van der Waals surface area contributed by atoms with Crippen LogP contribution in [-0.2, 0) is 0 Å². The summed E-state index contributed by atoms with van der Waals surface area (Å²) in [5.74, 6) is 0. The minimum atomic E-state index is -1.24. The SMILES string of the molecule is C=C[Si](C=C)(CC)CCCCCC. The number of hydrogen-bond donors (Lipinski definition) is 0. The van der Waals surface area contributed by atoms with Gasteiger partial charge < -0.3 is 0 Å². The van der Waals surface area contributed by atoms with E-state index in [0.717, 1.165) is 0 Å². The van der Waals surface area contributed by atoms with Crippen molar-refractivity contribution in [2.24, 2.45) is 0 Å². The molecule has 0 heterocycles. The van der Waals surface area contributed by atoms with Gasteiger partial charge in [-0.1, -0.05) is 63.0 Å². The van der Waals surface area contributed by atoms with E-state index in [4.69, 9.17) is 0 Å². The predicted octanol–water partition coefficient (Wildman–Crippen LogP) is 4.49. The third kappa shape index (κ3) is 4.46. The van der Waals surface area contributed by atoms with Crippen molar-refractivity contribution in [2.45, 2.75) is 51.6 Å². The first-order valence-electron chi connectivity index (χ1n) is 5.52. The molecule has 0 aliphatic rings. The van der Waals surface area contributed by atoms with Crippen LogP contribution in [0, 0.1) is 0 Å². The minimum Gasteiger partial charge on any atom is -0.107 e. The molecule has 0 spiro atoms. The van der Waals surface area contributed by atoms with Gasteiger partial charge in [0.15, 0.2) is 0 Å². The summed E-state index contributed by atoms with van der Waals surface area (Å²) in [5, 5.41) is 0. The highest BCUT2D eigenvalue weighted by Crippen LogP contribution is 2.21. The van der Waals surface area contributed by atoms with E-state index < -0.39 is 8.07 Å². The van der Waals surface area contributed by atoms with E-state index in [9.17, 15) is 0 Å². The Morgan fingerprint density at radius 3 is 2.00 bits per heavy atom. The number of hydrogen-bond acceptors (Lipinski definition) is 0. The highest BCUT2D eigenvalue weighted by atomic mass is 28.3. The van der Waals surface area contributed by atoms with Crippen molar-refractivity contribution in [1.82, 2.24) is 0 Å². The van der Waals surface area contributed by atoms with E-state index in [0.29, 0.717) is 0 Å². The molecule has 0 rings (SSSR count). The van der Waals surface area contributed by atoms with Crippen LogP contribution in [0.1, 0.15) is 39.5 Å². The minimum absolute atomic E-state index is 1.24. The Bertz CT molecular complexity index is 141. The first-order valence-corrected chi connectivity index (χ1v) is 8.08. The van der Waals surface area contributed by atoms with Crippen LogP contribution in [0.25, 0.3) is 0 Å². The Labute approximate surface area is 84.8 Å². The molecule has 0 unspecified atom stereocenters. The summed E-state index contributed by atoms with van der Waals surface area (Å²) in [4.78, 5) is 0. The van der Waals surface area contributed by atoms with Crippen LogP contribution < -0.4 is 0 Å². The molecule has 0 aromatic rings. The Hall–Kier alpha value is -0.303. The molecule has 76 valence electrons. The van der Waals surface area contributed by atoms with Gasteiger partial charge in [0.25, 0.3) is 0 Å². The van der Waals surface area contributed by atoms with Crippen LogP contribution in [0.5, 0.6) is 0 Å². The molecule has 0 amide bonds. The van der Waals surface area contributed by atoms with Crippen LogP contribution in [0.4, 0.5) is 0 Å². The van der Waals surface area contributed by atoms with Crippen molar-refractivity contribution < 1.29 is 0 Å². The van der Waals surface area contributed by atoms with Crippen molar-refractivity contribution in [3.8, 4) is 0 Å². The van der Waals surface area contributed by atoms with Gasteiger partial charge in [0.2, 0.25) is 0 Å². The fourth-order valence-electron chi connectivity index (χ4n) is 1.63. The Balaban J connectivity index is 3.82. The molecule has 0 nitrogen and oxygen atoms in total. The van der Waals surface area contributed by atoms with E-state index in [1.807, 2.05) is 0 Å². The Morgan fingerprint density at radius 2 is 1.62 bits per heavy atom. The fourth-order valence-corrected chi connectivity index (χ4v) is 4.05. The summed E-state index contributed by atoms with van der Waals surface area (Å²) in [6.07, 6.45) is 5.45. The van der Waals surface area contributed by atoms with Gasteiger partial charge in [-0.25, -0.2) is 0 Å². The maximum Gasteiger partial charge on any atom is 0.100 e. The topological polar surface area (TPSA) is 0 Å². The van der Waals surface area contributed by atoms with Crippen molar-refractivity contribution >= 4 is 8.07 Å². The van der Waals surface area contributed by atoms with Gasteiger partial charge in [0.1, 0.15) is 8.07 Å². The molecular weight excluding hydrogens is 172 g/mol. The molecule has 0 aliphatic carbocycles. The van der Waals surface area contributed by atoms with Gasteiger partial charge in [0.05, 0.1) is 0 Å².